The van der Waals surface area contributed by atoms with Crippen molar-refractivity contribution in [3.8, 4) is 5.75 Å². The molecule has 1 N–H and O–H groups in total. The van der Waals surface area contributed by atoms with Gasteiger partial charge in [0.2, 0.25) is 15.9 Å². The Morgan fingerprint density at radius 2 is 2.20 bits per heavy atom. The third-order valence-corrected chi connectivity index (χ3v) is 4.44. The number of carbonyl (C=O) groups is 1. The van der Waals surface area contributed by atoms with Gasteiger partial charge in [0.05, 0.1) is 23.7 Å². The Bertz CT molecular complexity index is 613. The van der Waals surface area contributed by atoms with Crippen LogP contribution in [0.3, 0.4) is 0 Å². The van der Waals surface area contributed by atoms with E-state index in [0.717, 1.165) is 0 Å². The number of hydrogen-bond donors (Lipinski definition) is 1. The van der Waals surface area contributed by atoms with E-state index in [1.54, 1.807) is 30.0 Å². The van der Waals surface area contributed by atoms with E-state index < -0.39 is 10.0 Å². The molecule has 1 aromatic carbocycles. The molecular weight excluding hydrogens is 280 g/mol. The van der Waals surface area contributed by atoms with E-state index in [0.29, 0.717) is 36.7 Å². The van der Waals surface area contributed by atoms with E-state index in [-0.39, 0.29) is 11.7 Å². The highest BCUT2D eigenvalue weighted by atomic mass is 32.2. The van der Waals surface area contributed by atoms with Gasteiger partial charge >= 0.3 is 0 Å². The number of carbonyl (C=O) groups excluding carboxylic acids is 1. The molecule has 0 radical (unpaired) electrons. The summed E-state index contributed by atoms with van der Waals surface area (Å²) in [6, 6.07) is 4.94. The summed E-state index contributed by atoms with van der Waals surface area (Å²) in [7, 11) is -3.34. The van der Waals surface area contributed by atoms with Crippen LogP contribution < -0.4 is 14.4 Å². The van der Waals surface area contributed by atoms with Crippen molar-refractivity contribution in [2.75, 3.05) is 28.5 Å². The van der Waals surface area contributed by atoms with E-state index in [1.165, 1.54) is 6.92 Å². The van der Waals surface area contributed by atoms with Crippen molar-refractivity contribution in [2.24, 2.45) is 0 Å². The van der Waals surface area contributed by atoms with Gasteiger partial charge in [-0.05, 0) is 24.6 Å². The zero-order valence-electron chi connectivity index (χ0n) is 11.5. The van der Waals surface area contributed by atoms with E-state index in [9.17, 15) is 13.2 Å². The van der Waals surface area contributed by atoms with Crippen LogP contribution in [0.5, 0.6) is 5.75 Å². The molecule has 6 nitrogen and oxygen atoms in total. The number of ether oxygens (including phenoxy) is 1. The van der Waals surface area contributed by atoms with Gasteiger partial charge in [-0.2, -0.15) is 0 Å². The minimum absolute atomic E-state index is 0.0665. The summed E-state index contributed by atoms with van der Waals surface area (Å²) in [5.41, 5.74) is 1.04. The summed E-state index contributed by atoms with van der Waals surface area (Å²) < 4.78 is 31.5. The lowest BCUT2D eigenvalue weighted by atomic mass is 10.2. The van der Waals surface area contributed by atoms with Gasteiger partial charge < -0.3 is 9.64 Å². The minimum atomic E-state index is -3.34. The Kier molecular flexibility index (Phi) is 4.17. The summed E-state index contributed by atoms with van der Waals surface area (Å²) in [4.78, 5) is 13.2. The van der Waals surface area contributed by atoms with Crippen LogP contribution in [0.1, 0.15) is 20.3 Å². The summed E-state index contributed by atoms with van der Waals surface area (Å²) in [6.45, 7) is 4.18. The number of amides is 1. The zero-order chi connectivity index (χ0) is 14.8. The van der Waals surface area contributed by atoms with Crippen LogP contribution in [0.25, 0.3) is 0 Å². The van der Waals surface area contributed by atoms with Gasteiger partial charge in [0, 0.05) is 6.92 Å². The first-order chi connectivity index (χ1) is 9.43. The summed E-state index contributed by atoms with van der Waals surface area (Å²) in [5, 5.41) is 0. The van der Waals surface area contributed by atoms with Crippen molar-refractivity contribution in [1.82, 2.24) is 0 Å². The molecule has 0 aromatic heterocycles. The SMILES string of the molecule is CCCS(=O)(=O)Nc1ccc2c(c1)N(C(C)=O)CCO2. The lowest BCUT2D eigenvalue weighted by Gasteiger charge is -2.29. The number of sulfonamides is 1. The van der Waals surface area contributed by atoms with Crippen LogP contribution in [0, 0.1) is 0 Å². The van der Waals surface area contributed by atoms with Crippen molar-refractivity contribution < 1.29 is 17.9 Å². The van der Waals surface area contributed by atoms with Crippen molar-refractivity contribution in [1.29, 1.82) is 0 Å². The Morgan fingerprint density at radius 3 is 2.85 bits per heavy atom. The van der Waals surface area contributed by atoms with Crippen molar-refractivity contribution >= 4 is 27.3 Å². The minimum Gasteiger partial charge on any atom is -0.490 e. The van der Waals surface area contributed by atoms with Gasteiger partial charge in [0.1, 0.15) is 12.4 Å². The smallest absolute Gasteiger partial charge is 0.232 e. The van der Waals surface area contributed by atoms with Crippen molar-refractivity contribution in [2.45, 2.75) is 20.3 Å². The quantitative estimate of drug-likeness (QED) is 0.915. The average molecular weight is 298 g/mol. The lowest BCUT2D eigenvalue weighted by Crippen LogP contribution is -2.36. The van der Waals surface area contributed by atoms with E-state index in [4.69, 9.17) is 4.74 Å². The monoisotopic (exact) mass is 298 g/mol. The van der Waals surface area contributed by atoms with Gasteiger partial charge in [-0.25, -0.2) is 8.42 Å². The fourth-order valence-electron chi connectivity index (χ4n) is 2.11. The van der Waals surface area contributed by atoms with Crippen LogP contribution in [0.4, 0.5) is 11.4 Å². The van der Waals surface area contributed by atoms with Crippen LogP contribution in [0.15, 0.2) is 18.2 Å². The molecule has 7 heteroatoms. The van der Waals surface area contributed by atoms with Crippen LogP contribution in [0.2, 0.25) is 0 Å². The van der Waals surface area contributed by atoms with E-state index >= 15 is 0 Å². The highest BCUT2D eigenvalue weighted by Gasteiger charge is 2.22. The molecule has 110 valence electrons. The van der Waals surface area contributed by atoms with Crippen LogP contribution in [-0.4, -0.2) is 33.2 Å². The van der Waals surface area contributed by atoms with Gasteiger partial charge in [-0.15, -0.1) is 0 Å². The normalized spacial score (nSPS) is 14.4. The summed E-state index contributed by atoms with van der Waals surface area (Å²) in [5.74, 6) is 0.560. The number of nitrogens with zero attached hydrogens (tertiary/aromatic N) is 1. The topological polar surface area (TPSA) is 75.7 Å². The lowest BCUT2D eigenvalue weighted by molar-refractivity contribution is -0.116. The number of fused-ring (bicyclic) bond motifs is 1. The Morgan fingerprint density at radius 1 is 1.45 bits per heavy atom. The van der Waals surface area contributed by atoms with Crippen molar-refractivity contribution in [3.05, 3.63) is 18.2 Å². The number of hydrogen-bond acceptors (Lipinski definition) is 4. The molecule has 20 heavy (non-hydrogen) atoms. The molecule has 0 fully saturated rings. The molecule has 0 unspecified atom stereocenters. The second-order valence-corrected chi connectivity index (χ2v) is 6.46. The Hall–Kier alpha value is -1.76. The third kappa shape index (κ3) is 3.22. The Labute approximate surface area is 118 Å². The average Bonchev–Trinajstić information content (AvgIpc) is 2.37. The first kappa shape index (κ1) is 14.6. The maximum atomic E-state index is 11.8. The van der Waals surface area contributed by atoms with Gasteiger partial charge in [-0.1, -0.05) is 6.92 Å². The zero-order valence-corrected chi connectivity index (χ0v) is 12.4. The maximum absolute atomic E-state index is 11.8. The molecule has 1 amide bonds. The number of anilines is 2. The maximum Gasteiger partial charge on any atom is 0.232 e. The molecule has 0 atom stereocenters. The molecular formula is C13H18N2O4S. The molecule has 0 aliphatic carbocycles. The second-order valence-electron chi connectivity index (χ2n) is 4.62. The first-order valence-corrected chi connectivity index (χ1v) is 8.13. The predicted molar refractivity (Wildman–Crippen MR) is 77.7 cm³/mol. The van der Waals surface area contributed by atoms with Crippen LogP contribution in [-0.2, 0) is 14.8 Å². The van der Waals surface area contributed by atoms with Crippen molar-refractivity contribution in [3.63, 3.8) is 0 Å². The number of rotatable bonds is 4. The summed E-state index contributed by atoms with van der Waals surface area (Å²) >= 11 is 0. The molecule has 0 bridgehead atoms. The molecule has 1 aromatic rings. The Balaban J connectivity index is 2.30. The number of nitrogens with one attached hydrogen (secondary N) is 1. The molecule has 1 heterocycles. The fourth-order valence-corrected chi connectivity index (χ4v) is 3.23. The highest BCUT2D eigenvalue weighted by Crippen LogP contribution is 2.34. The van der Waals surface area contributed by atoms with Gasteiger partial charge in [-0.3, -0.25) is 9.52 Å². The first-order valence-electron chi connectivity index (χ1n) is 6.48. The second kappa shape index (κ2) is 5.70. The standard InChI is InChI=1S/C13H18N2O4S/c1-3-8-20(17,18)14-11-4-5-13-12(9-11)15(10(2)16)6-7-19-13/h4-5,9,14H,3,6-8H2,1-2H3. The van der Waals surface area contributed by atoms with Gasteiger partial charge in [0.15, 0.2) is 0 Å². The molecule has 0 saturated carbocycles. The molecule has 0 spiro atoms. The third-order valence-electron chi connectivity index (χ3n) is 2.95. The predicted octanol–water partition coefficient (Wildman–Crippen LogP) is 1.58. The molecule has 1 aliphatic rings. The molecule has 1 aliphatic heterocycles. The highest BCUT2D eigenvalue weighted by molar-refractivity contribution is 7.92. The van der Waals surface area contributed by atoms with Crippen LogP contribution >= 0.6 is 0 Å². The fraction of sp³-hybridized carbons (Fsp3) is 0.462. The van der Waals surface area contributed by atoms with E-state index in [1.807, 2.05) is 0 Å². The van der Waals surface area contributed by atoms with Gasteiger partial charge in [0.25, 0.3) is 0 Å². The van der Waals surface area contributed by atoms with E-state index in [2.05, 4.69) is 4.72 Å². The molecule has 2 rings (SSSR count). The molecule has 0 saturated heterocycles. The largest absolute Gasteiger partial charge is 0.490 e. The summed E-state index contributed by atoms with van der Waals surface area (Å²) in [6.07, 6.45) is 0.545. The number of benzene rings is 1.